The summed E-state index contributed by atoms with van der Waals surface area (Å²) in [5, 5.41) is 0. The lowest BCUT2D eigenvalue weighted by molar-refractivity contribution is 1.12. The van der Waals surface area contributed by atoms with Crippen LogP contribution in [0.2, 0.25) is 0 Å². The van der Waals surface area contributed by atoms with Gasteiger partial charge in [-0.3, -0.25) is 0 Å². The smallest absolute Gasteiger partial charge is 0.0297 e. The van der Waals surface area contributed by atoms with Crippen LogP contribution in [0.5, 0.6) is 0 Å². The molecular weight excluding hydrogens is 2120 g/mol. The van der Waals surface area contributed by atoms with Crippen molar-refractivity contribution in [3.05, 3.63) is 468 Å². The summed E-state index contributed by atoms with van der Waals surface area (Å²) in [7, 11) is 0. The Balaban J connectivity index is 0.000000228. The number of hydrogen-bond acceptors (Lipinski definition) is 0. The molecule has 0 saturated heterocycles. The fourth-order valence-corrected chi connectivity index (χ4v) is 20.0. The molecule has 0 saturated carbocycles. The predicted molar refractivity (Wildman–Crippen MR) is 609 cm³/mol. The lowest BCUT2D eigenvalue weighted by atomic mass is 9.92. The summed E-state index contributed by atoms with van der Waals surface area (Å²) in [4.78, 5) is 0. The molecule has 15 aromatic rings. The highest BCUT2D eigenvalue weighted by Gasteiger charge is 2.24. The van der Waals surface area contributed by atoms with E-state index in [9.17, 15) is 0 Å². The second kappa shape index (κ2) is 54.0. The van der Waals surface area contributed by atoms with Crippen molar-refractivity contribution in [2.24, 2.45) is 0 Å². The van der Waals surface area contributed by atoms with Crippen molar-refractivity contribution in [1.82, 2.24) is 0 Å². The first-order valence-electron chi connectivity index (χ1n) is 45.0. The molecule has 0 spiro atoms. The van der Waals surface area contributed by atoms with Gasteiger partial charge >= 0.3 is 0 Å². The van der Waals surface area contributed by atoms with Crippen LogP contribution in [0.4, 0.5) is 0 Å². The fraction of sp³-hybridized carbons (Fsp3) is 0.268. The monoisotopic (exact) mass is 2250 g/mol. The zero-order valence-corrected chi connectivity index (χ0v) is 96.3. The standard InChI is InChI=1S/C18H18Br4.C18H22.C16H18.C15H16.C14H14.C9H10Br2.C9H12.C8H8Br2.2C8H10/c1-7-9(3)15(19)13(16(20)10(7)4)14-17(21)11(5)8(2)12(6)18(14)22;1-11-7-17(8-12(2)15(11)5)18-9-13(3)16(6)14(4)10-18;1-11-5-7-15(9-13(11)3)16-8-6-12(2)14(4)10-16;1-12-3-7-14(8-4-12)11-15-9-5-13(2)6-10-15;1-11-3-7-13(8-4-11)14-9-5-12(2)6-10-14;1-3-7-4-8(10)6(2)9(11)5-7;1-7-4-5-8(2)9(3)6-7;1-5-3-7(9)6(2)8(10)4-5;1-7-3-5-8(2)6-4-7;1-7-4-3-5-8(2)6-7/h1-6H3;7-10H,1-6H3;5-10H,1-4H3;3-10H,11H2,1-2H3;3-10H,1-2H3;4-5H,3H2,1-2H3;4-6H,1-3H3;3-4H,1-2H3;2*3-6H,1-2H3. The van der Waals surface area contributed by atoms with Gasteiger partial charge in [0, 0.05) is 46.9 Å². The molecule has 0 amide bonds. The van der Waals surface area contributed by atoms with E-state index >= 15 is 0 Å². The van der Waals surface area contributed by atoms with Crippen molar-refractivity contribution in [1.29, 1.82) is 0 Å². The molecule has 0 unspecified atom stereocenters. The first-order valence-corrected chi connectivity index (χ1v) is 51.4. The van der Waals surface area contributed by atoms with E-state index in [-0.39, 0.29) is 0 Å². The van der Waals surface area contributed by atoms with E-state index < -0.39 is 0 Å². The average molecular weight is 2260 g/mol. The first kappa shape index (κ1) is 112. The minimum absolute atomic E-state index is 1.03. The van der Waals surface area contributed by atoms with Crippen molar-refractivity contribution in [3.63, 3.8) is 0 Å². The van der Waals surface area contributed by atoms with E-state index in [4.69, 9.17) is 0 Å². The Labute approximate surface area is 858 Å². The summed E-state index contributed by atoms with van der Waals surface area (Å²) < 4.78 is 9.28. The maximum atomic E-state index is 3.82. The van der Waals surface area contributed by atoms with Gasteiger partial charge in [-0.1, -0.05) is 345 Å². The van der Waals surface area contributed by atoms with Crippen molar-refractivity contribution in [2.75, 3.05) is 0 Å². The van der Waals surface area contributed by atoms with Crippen LogP contribution in [0, 0.1) is 208 Å². The van der Waals surface area contributed by atoms with Gasteiger partial charge in [-0.05, 0) is 475 Å². The van der Waals surface area contributed by atoms with Gasteiger partial charge in [-0.15, -0.1) is 0 Å². The Morgan fingerprint density at radius 1 is 0.160 bits per heavy atom. The molecular formula is C123H138Br8. The molecule has 686 valence electrons. The zero-order chi connectivity index (χ0) is 97.7. The molecule has 131 heavy (non-hydrogen) atoms. The third-order valence-electron chi connectivity index (χ3n) is 24.5. The molecule has 8 heteroatoms. The van der Waals surface area contributed by atoms with Crippen molar-refractivity contribution in [3.8, 4) is 44.5 Å². The Kier molecular flexibility index (Phi) is 46.1. The molecule has 0 heterocycles. The van der Waals surface area contributed by atoms with Crippen LogP contribution in [0.25, 0.3) is 44.5 Å². The van der Waals surface area contributed by atoms with Crippen LogP contribution in [0.15, 0.2) is 285 Å². The molecule has 0 atom stereocenters. The molecule has 0 aliphatic heterocycles. The Morgan fingerprint density at radius 2 is 0.397 bits per heavy atom. The zero-order valence-electron chi connectivity index (χ0n) is 83.6. The summed E-state index contributed by atoms with van der Waals surface area (Å²) in [6.07, 6.45) is 2.11. The third kappa shape index (κ3) is 34.8. The highest BCUT2D eigenvalue weighted by molar-refractivity contribution is 9.12. The molecule has 15 aromatic carbocycles. The van der Waals surface area contributed by atoms with Crippen LogP contribution < -0.4 is 0 Å². The molecule has 0 aliphatic rings. The van der Waals surface area contributed by atoms with E-state index in [2.05, 4.69) is 591 Å². The predicted octanol–water partition coefficient (Wildman–Crippen LogP) is 41.0. The molecule has 0 fully saturated rings. The number of halogens is 8. The Morgan fingerprint density at radius 3 is 0.656 bits per heavy atom. The van der Waals surface area contributed by atoms with Gasteiger partial charge in [0.05, 0.1) is 0 Å². The van der Waals surface area contributed by atoms with Gasteiger partial charge < -0.3 is 0 Å². The van der Waals surface area contributed by atoms with Gasteiger partial charge in [-0.2, -0.15) is 0 Å². The molecule has 15 rings (SSSR count). The molecule has 0 aliphatic carbocycles. The fourth-order valence-electron chi connectivity index (χ4n) is 14.0. The van der Waals surface area contributed by atoms with Gasteiger partial charge in [0.1, 0.15) is 0 Å². The van der Waals surface area contributed by atoms with E-state index in [0.29, 0.717) is 0 Å². The third-order valence-corrected chi connectivity index (χ3v) is 31.8. The summed E-state index contributed by atoms with van der Waals surface area (Å²) in [6.45, 7) is 66.5. The Bertz CT molecular complexity index is 5850. The lowest BCUT2D eigenvalue weighted by Crippen LogP contribution is -1.99. The Hall–Kier alpha value is -7.86. The van der Waals surface area contributed by atoms with Crippen LogP contribution in [-0.2, 0) is 12.8 Å². The molecule has 0 radical (unpaired) electrons. The van der Waals surface area contributed by atoms with Crippen LogP contribution in [0.3, 0.4) is 0 Å². The highest BCUT2D eigenvalue weighted by atomic mass is 79.9. The molecule has 0 aromatic heterocycles. The first-order chi connectivity index (χ1) is 61.6. The SMILES string of the molecule is CCc1cc(Br)c(C)c(Br)c1.Cc1c(C)c(Br)c(-c2c(Br)c(C)c(C)c(C)c2Br)c(Br)c1C.Cc1cc(-c2cc(C)c(C)c(C)c2)cc(C)c1C.Cc1cc(Br)c(C)c(Br)c1.Cc1ccc(-c2ccc(C)c(C)c2)cc1C.Cc1ccc(-c2ccc(C)cc2)cc1.Cc1ccc(C)c(C)c1.Cc1ccc(C)cc1.Cc1ccc(Cc2ccc(C)cc2)cc1.Cc1cccc(C)c1. The van der Waals surface area contributed by atoms with Crippen molar-refractivity contribution < 1.29 is 0 Å². The largest absolute Gasteiger partial charge is 0.0617 e. The number of aryl methyl sites for hydroxylation is 21. The number of hydrogen-bond donors (Lipinski definition) is 0. The minimum atomic E-state index is 1.03. The summed E-state index contributed by atoms with van der Waals surface area (Å²) >= 11 is 29.2. The summed E-state index contributed by atoms with van der Waals surface area (Å²) in [5.74, 6) is 0. The van der Waals surface area contributed by atoms with Crippen LogP contribution in [-0.4, -0.2) is 0 Å². The number of rotatable bonds is 7. The molecule has 0 bridgehead atoms. The van der Waals surface area contributed by atoms with E-state index in [1.165, 1.54) is 246 Å². The molecule has 0 N–H and O–H groups in total. The van der Waals surface area contributed by atoms with Gasteiger partial charge in [0.15, 0.2) is 0 Å². The van der Waals surface area contributed by atoms with E-state index in [1.807, 2.05) is 0 Å². The van der Waals surface area contributed by atoms with Crippen LogP contribution in [0.1, 0.15) is 191 Å². The van der Waals surface area contributed by atoms with Crippen molar-refractivity contribution >= 4 is 127 Å². The summed E-state index contributed by atoms with van der Waals surface area (Å²) in [6, 6.07) is 89.2. The quantitative estimate of drug-likeness (QED) is 0.149. The van der Waals surface area contributed by atoms with Gasteiger partial charge in [-0.25, -0.2) is 0 Å². The van der Waals surface area contributed by atoms with E-state index in [0.717, 1.165) is 30.7 Å². The minimum Gasteiger partial charge on any atom is -0.0617 e. The lowest BCUT2D eigenvalue weighted by Gasteiger charge is -2.22. The average Bonchev–Trinajstić information content (AvgIpc) is 0.748. The highest BCUT2D eigenvalue weighted by Crippen LogP contribution is 2.49. The van der Waals surface area contributed by atoms with Gasteiger partial charge in [0.2, 0.25) is 0 Å². The van der Waals surface area contributed by atoms with E-state index in [1.54, 1.807) is 0 Å². The summed E-state index contributed by atoms with van der Waals surface area (Å²) in [5.41, 5.74) is 54.4. The maximum Gasteiger partial charge on any atom is 0.0297 e. The maximum absolute atomic E-state index is 3.82. The second-order valence-electron chi connectivity index (χ2n) is 35.5. The topological polar surface area (TPSA) is 0 Å². The molecule has 0 nitrogen and oxygen atoms in total. The van der Waals surface area contributed by atoms with Crippen molar-refractivity contribution in [2.45, 2.75) is 227 Å². The second-order valence-corrected chi connectivity index (χ2v) is 42.1. The van der Waals surface area contributed by atoms with Crippen LogP contribution >= 0.6 is 127 Å². The van der Waals surface area contributed by atoms with Gasteiger partial charge in [0.25, 0.3) is 0 Å². The normalized spacial score (nSPS) is 10.3. The number of benzene rings is 15.